The average Bonchev–Trinajstić information content (AvgIpc) is 2.50. The lowest BCUT2D eigenvalue weighted by atomic mass is 10.2. The lowest BCUT2D eigenvalue weighted by molar-refractivity contribution is -0.114. The number of benzene rings is 1. The molecule has 1 aromatic carbocycles. The van der Waals surface area contributed by atoms with Crippen LogP contribution in [0.4, 0.5) is 23.0 Å². The van der Waals surface area contributed by atoms with Crippen LogP contribution in [0, 0.1) is 0 Å². The van der Waals surface area contributed by atoms with Gasteiger partial charge in [-0.1, -0.05) is 0 Å². The van der Waals surface area contributed by atoms with Gasteiger partial charge in [0.25, 0.3) is 0 Å². The number of nitrogens with one attached hydrogen (secondary N) is 3. The molecule has 1 aromatic heterocycles. The fourth-order valence-corrected chi connectivity index (χ4v) is 2.22. The second-order valence-electron chi connectivity index (χ2n) is 5.08. The van der Waals surface area contributed by atoms with Gasteiger partial charge < -0.3 is 10.6 Å². The summed E-state index contributed by atoms with van der Waals surface area (Å²) in [6.45, 7) is 1.44. The molecule has 0 spiro atoms. The molecule has 0 atom stereocenters. The first-order valence-corrected chi connectivity index (χ1v) is 8.39. The van der Waals surface area contributed by atoms with E-state index in [1.807, 2.05) is 0 Å². The summed E-state index contributed by atoms with van der Waals surface area (Å²) in [5, 5.41) is 13.4. The average molecular weight is 350 g/mol. The molecule has 2 aromatic rings. The molecule has 2 rings (SSSR count). The Labute approximate surface area is 140 Å². The van der Waals surface area contributed by atoms with Gasteiger partial charge in [0.2, 0.25) is 5.91 Å². The number of anilines is 4. The number of carbonyl (C=O) groups excluding carboxylic acids is 1. The minimum absolute atomic E-state index is 0.121. The van der Waals surface area contributed by atoms with Crippen LogP contribution in [-0.4, -0.2) is 42.9 Å². The predicted molar refractivity (Wildman–Crippen MR) is 92.3 cm³/mol. The molecule has 9 nitrogen and oxygen atoms in total. The lowest BCUT2D eigenvalue weighted by Crippen LogP contribution is -2.29. The van der Waals surface area contributed by atoms with Crippen molar-refractivity contribution in [2.24, 2.45) is 0 Å². The molecule has 0 aliphatic rings. The van der Waals surface area contributed by atoms with Crippen molar-refractivity contribution in [3.05, 3.63) is 36.4 Å². The minimum atomic E-state index is -3.61. The highest BCUT2D eigenvalue weighted by atomic mass is 32.2. The molecule has 0 fully saturated rings. The van der Waals surface area contributed by atoms with Crippen LogP contribution in [0.5, 0.6) is 0 Å². The molecular weight excluding hydrogens is 332 g/mol. The van der Waals surface area contributed by atoms with E-state index >= 15 is 0 Å². The summed E-state index contributed by atoms with van der Waals surface area (Å²) in [5.41, 5.74) is 1.44. The topological polar surface area (TPSA) is 116 Å². The number of aromatic nitrogens is 2. The molecule has 0 unspecified atom stereocenters. The molecule has 3 N–H and O–H groups in total. The van der Waals surface area contributed by atoms with Gasteiger partial charge in [0.1, 0.15) is 0 Å². The van der Waals surface area contributed by atoms with Gasteiger partial charge in [0.05, 0.1) is 0 Å². The van der Waals surface area contributed by atoms with Crippen molar-refractivity contribution in [3.63, 3.8) is 0 Å². The first kappa shape index (κ1) is 17.6. The van der Waals surface area contributed by atoms with Crippen LogP contribution in [0.1, 0.15) is 6.92 Å². The van der Waals surface area contributed by atoms with Gasteiger partial charge in [-0.3, -0.25) is 9.52 Å². The zero-order valence-corrected chi connectivity index (χ0v) is 14.3. The van der Waals surface area contributed by atoms with E-state index in [1.165, 1.54) is 27.1 Å². The van der Waals surface area contributed by atoms with Crippen molar-refractivity contribution in [1.29, 1.82) is 0 Å². The fourth-order valence-electron chi connectivity index (χ4n) is 1.66. The van der Waals surface area contributed by atoms with Crippen LogP contribution in [0.25, 0.3) is 0 Å². The van der Waals surface area contributed by atoms with Gasteiger partial charge >= 0.3 is 10.2 Å². The highest BCUT2D eigenvalue weighted by Gasteiger charge is 2.13. The van der Waals surface area contributed by atoms with Crippen molar-refractivity contribution in [2.45, 2.75) is 6.92 Å². The quantitative estimate of drug-likeness (QED) is 0.725. The number of hydrogen-bond donors (Lipinski definition) is 3. The zero-order chi connectivity index (χ0) is 17.7. The summed E-state index contributed by atoms with van der Waals surface area (Å²) >= 11 is 0. The Morgan fingerprint density at radius 2 is 1.50 bits per heavy atom. The van der Waals surface area contributed by atoms with Crippen LogP contribution in [0.2, 0.25) is 0 Å². The number of carbonyl (C=O) groups is 1. The van der Waals surface area contributed by atoms with E-state index in [4.69, 9.17) is 0 Å². The van der Waals surface area contributed by atoms with E-state index in [0.717, 1.165) is 9.99 Å². The van der Waals surface area contributed by atoms with Gasteiger partial charge in [-0.15, -0.1) is 10.2 Å². The summed E-state index contributed by atoms with van der Waals surface area (Å²) in [4.78, 5) is 11.0. The first-order chi connectivity index (χ1) is 11.3. The molecule has 0 aliphatic heterocycles. The van der Waals surface area contributed by atoms with E-state index in [9.17, 15) is 13.2 Å². The van der Waals surface area contributed by atoms with Crippen molar-refractivity contribution in [2.75, 3.05) is 29.5 Å². The molecule has 0 bridgehead atoms. The first-order valence-electron chi connectivity index (χ1n) is 6.95. The second kappa shape index (κ2) is 7.23. The Bertz CT molecular complexity index is 803. The van der Waals surface area contributed by atoms with E-state index in [1.54, 1.807) is 30.3 Å². The number of hydrogen-bond acceptors (Lipinski definition) is 6. The highest BCUT2D eigenvalue weighted by molar-refractivity contribution is 7.90. The SMILES string of the molecule is CC(=O)Nc1ccc(Nc2ccc(NS(=O)(=O)N(C)C)nn2)cc1. The Morgan fingerprint density at radius 1 is 0.958 bits per heavy atom. The molecule has 24 heavy (non-hydrogen) atoms. The van der Waals surface area contributed by atoms with Crippen molar-refractivity contribution < 1.29 is 13.2 Å². The van der Waals surface area contributed by atoms with Crippen LogP contribution in [-0.2, 0) is 15.0 Å². The van der Waals surface area contributed by atoms with Crippen LogP contribution < -0.4 is 15.4 Å². The number of nitrogens with zero attached hydrogens (tertiary/aromatic N) is 3. The summed E-state index contributed by atoms with van der Waals surface area (Å²) in [5.74, 6) is 0.433. The van der Waals surface area contributed by atoms with Crippen molar-refractivity contribution in [1.82, 2.24) is 14.5 Å². The Hall–Kier alpha value is -2.72. The maximum atomic E-state index is 11.7. The van der Waals surface area contributed by atoms with Gasteiger partial charge in [0, 0.05) is 32.4 Å². The molecule has 0 saturated carbocycles. The van der Waals surface area contributed by atoms with Crippen molar-refractivity contribution in [3.8, 4) is 0 Å². The molecule has 128 valence electrons. The largest absolute Gasteiger partial charge is 0.339 e. The zero-order valence-electron chi connectivity index (χ0n) is 13.4. The standard InChI is InChI=1S/C14H18N6O3S/c1-10(21)15-11-4-6-12(7-5-11)16-13-8-9-14(18-17-13)19-24(22,23)20(2)3/h4-9H,1-3H3,(H,15,21)(H,16,17)(H,18,19). The monoisotopic (exact) mass is 350 g/mol. The molecule has 10 heteroatoms. The van der Waals surface area contributed by atoms with E-state index in [2.05, 4.69) is 25.6 Å². The van der Waals surface area contributed by atoms with Crippen LogP contribution in [0.15, 0.2) is 36.4 Å². The third-order valence-corrected chi connectivity index (χ3v) is 4.29. The minimum Gasteiger partial charge on any atom is -0.339 e. The van der Waals surface area contributed by atoms with Gasteiger partial charge in [0.15, 0.2) is 11.6 Å². The Balaban J connectivity index is 2.02. The maximum absolute atomic E-state index is 11.7. The maximum Gasteiger partial charge on any atom is 0.302 e. The lowest BCUT2D eigenvalue weighted by Gasteiger charge is -2.12. The van der Waals surface area contributed by atoms with Crippen LogP contribution >= 0.6 is 0 Å². The fraction of sp³-hybridized carbons (Fsp3) is 0.214. The molecule has 1 amide bonds. The number of rotatable bonds is 6. The van der Waals surface area contributed by atoms with E-state index < -0.39 is 10.2 Å². The van der Waals surface area contributed by atoms with E-state index in [-0.39, 0.29) is 11.7 Å². The smallest absolute Gasteiger partial charge is 0.302 e. The summed E-state index contributed by atoms with van der Waals surface area (Å²) in [7, 11) is -0.786. The number of amides is 1. The molecular formula is C14H18N6O3S. The molecule has 0 aliphatic carbocycles. The third-order valence-electron chi connectivity index (χ3n) is 2.86. The summed E-state index contributed by atoms with van der Waals surface area (Å²) in [6.07, 6.45) is 0. The molecule has 0 radical (unpaired) electrons. The summed E-state index contributed by atoms with van der Waals surface area (Å²) < 4.78 is 26.7. The van der Waals surface area contributed by atoms with Gasteiger partial charge in [-0.25, -0.2) is 0 Å². The van der Waals surface area contributed by atoms with E-state index in [0.29, 0.717) is 11.5 Å². The van der Waals surface area contributed by atoms with Crippen molar-refractivity contribution >= 4 is 39.1 Å². The highest BCUT2D eigenvalue weighted by Crippen LogP contribution is 2.18. The predicted octanol–water partition coefficient (Wildman–Crippen LogP) is 1.40. The van der Waals surface area contributed by atoms with Crippen LogP contribution in [0.3, 0.4) is 0 Å². The summed E-state index contributed by atoms with van der Waals surface area (Å²) in [6, 6.07) is 10.1. The normalized spacial score (nSPS) is 11.2. The molecule has 1 heterocycles. The molecule has 0 saturated heterocycles. The third kappa shape index (κ3) is 4.89. The van der Waals surface area contributed by atoms with Gasteiger partial charge in [-0.05, 0) is 36.4 Å². The second-order valence-corrected chi connectivity index (χ2v) is 6.96. The Kier molecular flexibility index (Phi) is 5.31. The van der Waals surface area contributed by atoms with Gasteiger partial charge in [-0.2, -0.15) is 12.7 Å². The Morgan fingerprint density at radius 3 is 2.00 bits per heavy atom.